The van der Waals surface area contributed by atoms with Crippen LogP contribution >= 0.6 is 11.6 Å². The summed E-state index contributed by atoms with van der Waals surface area (Å²) in [4.78, 5) is 10.6. The highest BCUT2D eigenvalue weighted by atomic mass is 35.5. The zero-order valence-corrected chi connectivity index (χ0v) is 8.75. The van der Waals surface area contributed by atoms with Crippen LogP contribution in [0.25, 0.3) is 0 Å². The minimum atomic E-state index is 0.456. The van der Waals surface area contributed by atoms with Crippen LogP contribution in [-0.2, 0) is 12.3 Å². The van der Waals surface area contributed by atoms with Gasteiger partial charge < -0.3 is 4.90 Å². The lowest BCUT2D eigenvalue weighted by Gasteiger charge is -2.08. The van der Waals surface area contributed by atoms with Crippen LogP contribution in [0.4, 0.5) is 0 Å². The number of nitrogens with zero attached hydrogens (tertiary/aromatic N) is 3. The zero-order valence-electron chi connectivity index (χ0n) is 8.00. The van der Waals surface area contributed by atoms with Crippen molar-refractivity contribution in [1.82, 2.24) is 14.9 Å². The number of alkyl halides is 1. The molecule has 0 atom stereocenters. The number of hydrogen-bond acceptors (Lipinski definition) is 3. The molecule has 0 saturated carbocycles. The molecule has 4 heteroatoms. The Morgan fingerprint density at radius 3 is 2.85 bits per heavy atom. The highest BCUT2D eigenvalue weighted by Crippen LogP contribution is 2.00. The summed E-state index contributed by atoms with van der Waals surface area (Å²) in [7, 11) is 4.07. The lowest BCUT2D eigenvalue weighted by molar-refractivity contribution is 0.409. The first-order chi connectivity index (χ1) is 6.22. The molecule has 3 nitrogen and oxygen atoms in total. The van der Waals surface area contributed by atoms with Crippen molar-refractivity contribution in [3.63, 3.8) is 0 Å². The predicted molar refractivity (Wildman–Crippen MR) is 53.8 cm³/mol. The average Bonchev–Trinajstić information content (AvgIpc) is 2.15. The summed E-state index contributed by atoms with van der Waals surface area (Å²) < 4.78 is 0. The molecule has 1 aromatic rings. The molecule has 0 fully saturated rings. The van der Waals surface area contributed by atoms with Gasteiger partial charge >= 0.3 is 0 Å². The molecule has 0 amide bonds. The second-order valence-electron chi connectivity index (χ2n) is 3.15. The highest BCUT2D eigenvalue weighted by Gasteiger charge is 1.99. The summed E-state index contributed by atoms with van der Waals surface area (Å²) in [6.45, 7) is 0.964. The fourth-order valence-corrected chi connectivity index (χ4v) is 1.11. The molecule has 0 aliphatic carbocycles. The van der Waals surface area contributed by atoms with Crippen molar-refractivity contribution in [2.75, 3.05) is 20.6 Å². The smallest absolute Gasteiger partial charge is 0.129 e. The van der Waals surface area contributed by atoms with Crippen LogP contribution in [0.1, 0.15) is 11.5 Å². The third kappa shape index (κ3) is 3.70. The van der Waals surface area contributed by atoms with Crippen LogP contribution in [0.2, 0.25) is 0 Å². The summed E-state index contributed by atoms with van der Waals surface area (Å²) in [5.41, 5.74) is 0.894. The fraction of sp³-hybridized carbons (Fsp3) is 0.556. The van der Waals surface area contributed by atoms with E-state index >= 15 is 0 Å². The first-order valence-corrected chi connectivity index (χ1v) is 4.77. The van der Waals surface area contributed by atoms with Gasteiger partial charge in [0.15, 0.2) is 0 Å². The van der Waals surface area contributed by atoms with E-state index in [1.807, 2.05) is 20.2 Å². The van der Waals surface area contributed by atoms with Crippen LogP contribution in [0, 0.1) is 0 Å². The van der Waals surface area contributed by atoms with E-state index in [1.165, 1.54) is 0 Å². The molecule has 13 heavy (non-hydrogen) atoms. The molecule has 0 radical (unpaired) electrons. The summed E-state index contributed by atoms with van der Waals surface area (Å²) in [6, 6.07) is 1.84. The van der Waals surface area contributed by atoms with Gasteiger partial charge in [-0.1, -0.05) is 0 Å². The fourth-order valence-electron chi connectivity index (χ4n) is 0.960. The second kappa shape index (κ2) is 5.14. The van der Waals surface area contributed by atoms with Gasteiger partial charge in [0.05, 0.1) is 11.6 Å². The van der Waals surface area contributed by atoms with E-state index in [0.29, 0.717) is 5.88 Å². The number of halogens is 1. The first-order valence-electron chi connectivity index (χ1n) is 4.24. The predicted octanol–water partition coefficient (Wildman–Crippen LogP) is 1.32. The van der Waals surface area contributed by atoms with E-state index in [9.17, 15) is 0 Å². The number of rotatable bonds is 4. The molecule has 0 spiro atoms. The molecule has 1 heterocycles. The Balaban J connectivity index is 2.56. The van der Waals surface area contributed by atoms with Crippen LogP contribution in [-0.4, -0.2) is 35.5 Å². The summed E-state index contributed by atoms with van der Waals surface area (Å²) in [5.74, 6) is 1.32. The van der Waals surface area contributed by atoms with Crippen molar-refractivity contribution < 1.29 is 0 Å². The van der Waals surface area contributed by atoms with Crippen molar-refractivity contribution in [3.05, 3.63) is 23.8 Å². The van der Waals surface area contributed by atoms with Crippen LogP contribution in [0.5, 0.6) is 0 Å². The molecule has 1 rings (SSSR count). The second-order valence-corrected chi connectivity index (χ2v) is 3.42. The van der Waals surface area contributed by atoms with Gasteiger partial charge in [-0.2, -0.15) is 0 Å². The molecule has 0 aromatic carbocycles. The maximum atomic E-state index is 5.66. The average molecular weight is 200 g/mol. The Bertz CT molecular complexity index is 263. The normalized spacial score (nSPS) is 10.8. The summed E-state index contributed by atoms with van der Waals surface area (Å²) >= 11 is 5.66. The van der Waals surface area contributed by atoms with Gasteiger partial charge in [-0.25, -0.2) is 9.97 Å². The molecule has 0 saturated heterocycles. The van der Waals surface area contributed by atoms with Crippen LogP contribution in [0.15, 0.2) is 12.3 Å². The monoisotopic (exact) mass is 199 g/mol. The molecule has 0 aliphatic rings. The Kier molecular flexibility index (Phi) is 4.12. The summed E-state index contributed by atoms with van der Waals surface area (Å²) in [6.07, 6.45) is 2.63. The third-order valence-electron chi connectivity index (χ3n) is 1.68. The Labute approximate surface area is 83.8 Å². The van der Waals surface area contributed by atoms with E-state index in [4.69, 9.17) is 11.6 Å². The van der Waals surface area contributed by atoms with Crippen LogP contribution in [0.3, 0.4) is 0 Å². The molecular formula is C9H14ClN3. The Hall–Kier alpha value is -0.670. The number of likely N-dealkylation sites (N-methyl/N-ethyl adjacent to an activating group) is 1. The van der Waals surface area contributed by atoms with Gasteiger partial charge in [0, 0.05) is 19.2 Å². The van der Waals surface area contributed by atoms with E-state index in [2.05, 4.69) is 14.9 Å². The maximum absolute atomic E-state index is 5.66. The van der Waals surface area contributed by atoms with Gasteiger partial charge in [0.1, 0.15) is 5.82 Å². The SMILES string of the molecule is CN(C)CCc1nccc(CCl)n1. The van der Waals surface area contributed by atoms with E-state index in [-0.39, 0.29) is 0 Å². The van der Waals surface area contributed by atoms with Gasteiger partial charge in [-0.3, -0.25) is 0 Å². The van der Waals surface area contributed by atoms with Crippen molar-refractivity contribution in [3.8, 4) is 0 Å². The molecule has 1 aromatic heterocycles. The van der Waals surface area contributed by atoms with Gasteiger partial charge in [0.25, 0.3) is 0 Å². The Morgan fingerprint density at radius 2 is 2.23 bits per heavy atom. The molecule has 0 aliphatic heterocycles. The summed E-state index contributed by atoms with van der Waals surface area (Å²) in [5, 5.41) is 0. The van der Waals surface area contributed by atoms with Crippen molar-refractivity contribution in [2.24, 2.45) is 0 Å². The van der Waals surface area contributed by atoms with E-state index in [1.54, 1.807) is 6.20 Å². The van der Waals surface area contributed by atoms with Crippen molar-refractivity contribution >= 4 is 11.6 Å². The topological polar surface area (TPSA) is 29.0 Å². The number of hydrogen-bond donors (Lipinski definition) is 0. The molecule has 0 N–H and O–H groups in total. The zero-order chi connectivity index (χ0) is 9.68. The third-order valence-corrected chi connectivity index (χ3v) is 1.96. The Morgan fingerprint density at radius 1 is 1.46 bits per heavy atom. The van der Waals surface area contributed by atoms with Crippen LogP contribution < -0.4 is 0 Å². The van der Waals surface area contributed by atoms with Gasteiger partial charge in [0.2, 0.25) is 0 Å². The van der Waals surface area contributed by atoms with Gasteiger partial charge in [-0.05, 0) is 20.2 Å². The van der Waals surface area contributed by atoms with Crippen molar-refractivity contribution in [2.45, 2.75) is 12.3 Å². The standard InChI is InChI=1S/C9H14ClN3/c1-13(2)6-4-9-11-5-3-8(7-10)12-9/h3,5H,4,6-7H2,1-2H3. The quantitative estimate of drug-likeness (QED) is 0.685. The molecule has 0 unspecified atom stereocenters. The highest BCUT2D eigenvalue weighted by molar-refractivity contribution is 6.16. The first kappa shape index (κ1) is 10.4. The van der Waals surface area contributed by atoms with E-state index < -0.39 is 0 Å². The number of aromatic nitrogens is 2. The molecular weight excluding hydrogens is 186 g/mol. The lowest BCUT2D eigenvalue weighted by Crippen LogP contribution is -2.16. The lowest BCUT2D eigenvalue weighted by atomic mass is 10.3. The largest absolute Gasteiger partial charge is 0.309 e. The molecule has 72 valence electrons. The van der Waals surface area contributed by atoms with Crippen molar-refractivity contribution in [1.29, 1.82) is 0 Å². The maximum Gasteiger partial charge on any atom is 0.129 e. The molecule has 0 bridgehead atoms. The minimum absolute atomic E-state index is 0.456. The van der Waals surface area contributed by atoms with Gasteiger partial charge in [-0.15, -0.1) is 11.6 Å². The minimum Gasteiger partial charge on any atom is -0.309 e. The van der Waals surface area contributed by atoms with E-state index in [0.717, 1.165) is 24.5 Å².